The molecule has 1 aliphatic rings. The molecule has 0 radical (unpaired) electrons. The van der Waals surface area contributed by atoms with E-state index >= 15 is 0 Å². The third-order valence-electron chi connectivity index (χ3n) is 4.60. The predicted octanol–water partition coefficient (Wildman–Crippen LogP) is 2.42. The van der Waals surface area contributed by atoms with Crippen LogP contribution < -0.4 is 10.1 Å². The maximum absolute atomic E-state index is 5.98. The van der Waals surface area contributed by atoms with Crippen molar-refractivity contribution in [1.29, 1.82) is 0 Å². The fraction of sp³-hybridized carbons (Fsp3) is 0.294. The van der Waals surface area contributed by atoms with Crippen LogP contribution in [0.4, 0.5) is 0 Å². The number of nitrogens with zero attached hydrogens (tertiary/aromatic N) is 5. The molecule has 4 aromatic rings. The first-order valence-corrected chi connectivity index (χ1v) is 8.38. The van der Waals surface area contributed by atoms with Gasteiger partial charge in [0.2, 0.25) is 5.88 Å². The molecule has 0 spiro atoms. The van der Waals surface area contributed by atoms with Gasteiger partial charge in [-0.15, -0.1) is 0 Å². The molecule has 5 heterocycles. The monoisotopic (exact) mass is 335 g/mol. The first-order valence-electron chi connectivity index (χ1n) is 8.38. The second kappa shape index (κ2) is 5.82. The van der Waals surface area contributed by atoms with Crippen LogP contribution in [0.2, 0.25) is 0 Å². The fourth-order valence-electron chi connectivity index (χ4n) is 3.33. The summed E-state index contributed by atoms with van der Waals surface area (Å²) in [5.74, 6) is 1.14. The molecule has 25 heavy (non-hydrogen) atoms. The van der Waals surface area contributed by atoms with Crippen LogP contribution in [0.1, 0.15) is 18.9 Å². The molecule has 0 amide bonds. The Morgan fingerprint density at radius 1 is 1.12 bits per heavy atom. The molecule has 0 saturated carbocycles. The van der Waals surface area contributed by atoms with Gasteiger partial charge in [0.1, 0.15) is 23.1 Å². The summed E-state index contributed by atoms with van der Waals surface area (Å²) in [5, 5.41) is 9.73. The van der Waals surface area contributed by atoms with Crippen LogP contribution >= 0.6 is 0 Å². The van der Waals surface area contributed by atoms with Crippen LogP contribution in [-0.4, -0.2) is 42.8 Å². The van der Waals surface area contributed by atoms with E-state index in [9.17, 15) is 0 Å². The van der Waals surface area contributed by atoms with Gasteiger partial charge >= 0.3 is 0 Å². The van der Waals surface area contributed by atoms with Gasteiger partial charge in [-0.3, -0.25) is 0 Å². The van der Waals surface area contributed by atoms with Crippen LogP contribution in [0.15, 0.2) is 37.1 Å². The van der Waals surface area contributed by atoms with Gasteiger partial charge < -0.3 is 15.0 Å². The van der Waals surface area contributed by atoms with E-state index in [2.05, 4.69) is 30.4 Å². The molecule has 0 atom stereocenters. The van der Waals surface area contributed by atoms with E-state index in [1.807, 2.05) is 23.0 Å². The zero-order valence-electron chi connectivity index (χ0n) is 13.5. The van der Waals surface area contributed by atoms with Gasteiger partial charge in [-0.05, 0) is 38.1 Å². The molecule has 5 rings (SSSR count). The number of piperidine rings is 1. The minimum absolute atomic E-state index is 0.361. The molecule has 126 valence electrons. The zero-order valence-corrected chi connectivity index (χ0v) is 13.5. The Kier molecular flexibility index (Phi) is 3.34. The van der Waals surface area contributed by atoms with Gasteiger partial charge in [0.15, 0.2) is 5.65 Å². The lowest BCUT2D eigenvalue weighted by molar-refractivity contribution is 0.349. The van der Waals surface area contributed by atoms with Crippen LogP contribution in [0.5, 0.6) is 11.6 Å². The van der Waals surface area contributed by atoms with Crippen molar-refractivity contribution >= 4 is 22.1 Å². The van der Waals surface area contributed by atoms with E-state index in [4.69, 9.17) is 4.74 Å². The summed E-state index contributed by atoms with van der Waals surface area (Å²) in [7, 11) is 0. The summed E-state index contributed by atoms with van der Waals surface area (Å²) < 4.78 is 7.97. The lowest BCUT2D eigenvalue weighted by Crippen LogP contribution is -2.29. The maximum atomic E-state index is 5.98. The highest BCUT2D eigenvalue weighted by Crippen LogP contribution is 2.30. The van der Waals surface area contributed by atoms with Crippen LogP contribution in [0.25, 0.3) is 22.1 Å². The Hall–Kier alpha value is -3.00. The molecular formula is C17H17N7O. The van der Waals surface area contributed by atoms with E-state index in [1.54, 1.807) is 12.4 Å². The fourth-order valence-corrected chi connectivity index (χ4v) is 3.33. The van der Waals surface area contributed by atoms with Crippen molar-refractivity contribution < 1.29 is 4.74 Å². The molecule has 4 aromatic heterocycles. The van der Waals surface area contributed by atoms with Gasteiger partial charge in [-0.2, -0.15) is 5.10 Å². The number of ether oxygens (including phenoxy) is 1. The number of rotatable bonds is 3. The van der Waals surface area contributed by atoms with Crippen molar-refractivity contribution in [1.82, 2.24) is 35.0 Å². The van der Waals surface area contributed by atoms with E-state index < -0.39 is 0 Å². The Bertz CT molecular complexity index is 1030. The molecule has 8 nitrogen and oxygen atoms in total. The number of pyridine rings is 1. The molecular weight excluding hydrogens is 318 g/mol. The highest BCUT2D eigenvalue weighted by molar-refractivity contribution is 5.81. The van der Waals surface area contributed by atoms with Crippen molar-refractivity contribution in [2.45, 2.75) is 18.9 Å². The first kappa shape index (κ1) is 14.4. The quantitative estimate of drug-likeness (QED) is 0.597. The number of nitrogens with one attached hydrogen (secondary N) is 2. The summed E-state index contributed by atoms with van der Waals surface area (Å²) >= 11 is 0. The maximum Gasteiger partial charge on any atom is 0.233 e. The summed E-state index contributed by atoms with van der Waals surface area (Å²) in [6.07, 6.45) is 8.95. The zero-order chi connectivity index (χ0) is 16.6. The Morgan fingerprint density at radius 3 is 2.96 bits per heavy atom. The number of hydrogen-bond acceptors (Lipinski definition) is 6. The van der Waals surface area contributed by atoms with Gasteiger partial charge in [-0.25, -0.2) is 19.6 Å². The summed E-state index contributed by atoms with van der Waals surface area (Å²) in [6, 6.07) is 4.25. The second-order valence-corrected chi connectivity index (χ2v) is 6.18. The molecule has 1 aliphatic heterocycles. The molecule has 0 bridgehead atoms. The third kappa shape index (κ3) is 2.51. The summed E-state index contributed by atoms with van der Waals surface area (Å²) in [6.45, 7) is 2.01. The van der Waals surface area contributed by atoms with Crippen molar-refractivity contribution in [3.8, 4) is 11.6 Å². The molecule has 1 saturated heterocycles. The summed E-state index contributed by atoms with van der Waals surface area (Å²) in [5.41, 5.74) is 1.64. The van der Waals surface area contributed by atoms with Crippen molar-refractivity contribution in [2.24, 2.45) is 0 Å². The summed E-state index contributed by atoms with van der Waals surface area (Å²) in [4.78, 5) is 16.1. The molecule has 0 unspecified atom stereocenters. The van der Waals surface area contributed by atoms with Crippen LogP contribution in [0.3, 0.4) is 0 Å². The standard InChI is InChI=1S/C17H17N7O/c1-6-19-15-11(1)7-13(8-20-15)25-17-14-9-23-24(16(14)21-10-22-17)12-2-4-18-5-3-12/h1,6-10,12,18H,2-5H2,(H,19,20). The van der Waals surface area contributed by atoms with Crippen LogP contribution in [0, 0.1) is 0 Å². The van der Waals surface area contributed by atoms with E-state index in [0.29, 0.717) is 17.7 Å². The number of aromatic amines is 1. The van der Waals surface area contributed by atoms with E-state index in [1.165, 1.54) is 6.33 Å². The van der Waals surface area contributed by atoms with Crippen molar-refractivity contribution in [3.63, 3.8) is 0 Å². The number of aromatic nitrogens is 6. The smallest absolute Gasteiger partial charge is 0.233 e. The number of fused-ring (bicyclic) bond motifs is 2. The number of H-pyrrole nitrogens is 1. The molecule has 0 aliphatic carbocycles. The average molecular weight is 335 g/mol. The Morgan fingerprint density at radius 2 is 2.04 bits per heavy atom. The lowest BCUT2D eigenvalue weighted by Gasteiger charge is -2.23. The third-order valence-corrected chi connectivity index (χ3v) is 4.60. The van der Waals surface area contributed by atoms with Gasteiger partial charge in [0, 0.05) is 11.6 Å². The average Bonchev–Trinajstić information content (AvgIpc) is 3.29. The molecule has 8 heteroatoms. The Balaban J connectivity index is 1.51. The highest BCUT2D eigenvalue weighted by atomic mass is 16.5. The SMILES string of the molecule is c1nc(Oc2cnc3[nH]ccc3c2)c2cnn(C3CCNCC3)c2n1. The normalized spacial score (nSPS) is 15.8. The van der Waals surface area contributed by atoms with Crippen molar-refractivity contribution in [3.05, 3.63) is 37.1 Å². The largest absolute Gasteiger partial charge is 0.436 e. The molecule has 2 N–H and O–H groups in total. The highest BCUT2D eigenvalue weighted by Gasteiger charge is 2.20. The minimum atomic E-state index is 0.361. The van der Waals surface area contributed by atoms with E-state index in [-0.39, 0.29) is 0 Å². The van der Waals surface area contributed by atoms with E-state index in [0.717, 1.165) is 48.0 Å². The minimum Gasteiger partial charge on any atom is -0.436 e. The predicted molar refractivity (Wildman–Crippen MR) is 92.6 cm³/mol. The van der Waals surface area contributed by atoms with Gasteiger partial charge in [-0.1, -0.05) is 0 Å². The molecule has 0 aromatic carbocycles. The van der Waals surface area contributed by atoms with Gasteiger partial charge in [0.25, 0.3) is 0 Å². The Labute approximate surface area is 143 Å². The van der Waals surface area contributed by atoms with Gasteiger partial charge in [0.05, 0.1) is 18.4 Å². The topological polar surface area (TPSA) is 93.5 Å². The number of hydrogen-bond donors (Lipinski definition) is 2. The second-order valence-electron chi connectivity index (χ2n) is 6.18. The molecule has 1 fully saturated rings. The lowest BCUT2D eigenvalue weighted by atomic mass is 10.1. The van der Waals surface area contributed by atoms with Crippen LogP contribution in [-0.2, 0) is 0 Å². The first-order chi connectivity index (χ1) is 12.4. The van der Waals surface area contributed by atoms with Crippen molar-refractivity contribution in [2.75, 3.05) is 13.1 Å².